The van der Waals surface area contributed by atoms with Crippen molar-refractivity contribution in [2.75, 3.05) is 20.1 Å². The highest BCUT2D eigenvalue weighted by molar-refractivity contribution is 7.93. The lowest BCUT2D eigenvalue weighted by atomic mass is 10.1. The number of amides is 2. The molecule has 2 amide bonds. The van der Waals surface area contributed by atoms with Gasteiger partial charge in [0.1, 0.15) is 21.3 Å². The summed E-state index contributed by atoms with van der Waals surface area (Å²) in [7, 11) is -18.3. The molecule has 0 bridgehead atoms. The van der Waals surface area contributed by atoms with E-state index in [1.165, 1.54) is 97.1 Å². The summed E-state index contributed by atoms with van der Waals surface area (Å²) < 4.78 is 123. The first-order valence-corrected chi connectivity index (χ1v) is 20.9. The van der Waals surface area contributed by atoms with E-state index in [2.05, 4.69) is 20.1 Å². The lowest BCUT2D eigenvalue weighted by Gasteiger charge is -2.14. The third-order valence-electron chi connectivity index (χ3n) is 7.85. The first kappa shape index (κ1) is 37.8. The zero-order valence-corrected chi connectivity index (χ0v) is 30.3. The van der Waals surface area contributed by atoms with E-state index in [4.69, 9.17) is 0 Å². The molecule has 0 aliphatic rings. The second kappa shape index (κ2) is 13.8. The number of anilines is 4. The average molecular weight is 815 g/mol. The average Bonchev–Trinajstić information content (AvgIpc) is 3.07. The number of hydrogen-bond donors (Lipinski definition) is 8. The maximum Gasteiger partial charge on any atom is 0.323 e. The zero-order chi connectivity index (χ0) is 39.2. The molecule has 54 heavy (non-hydrogen) atoms. The largest absolute Gasteiger partial charge is 0.506 e. The van der Waals surface area contributed by atoms with Crippen LogP contribution in [0.3, 0.4) is 0 Å². The van der Waals surface area contributed by atoms with Crippen molar-refractivity contribution in [3.05, 3.63) is 109 Å². The second-order valence-electron chi connectivity index (χ2n) is 11.4. The summed E-state index contributed by atoms with van der Waals surface area (Å²) in [6.45, 7) is 0. The monoisotopic (exact) mass is 814 g/mol. The quantitative estimate of drug-likeness (QED) is 0.0833. The fourth-order valence-electron chi connectivity index (χ4n) is 5.40. The number of carbonyl (C=O) groups excluding carboxylic acids is 1. The molecule has 17 nitrogen and oxygen atoms in total. The van der Waals surface area contributed by atoms with Crippen molar-refractivity contribution in [3.8, 4) is 11.5 Å². The van der Waals surface area contributed by atoms with E-state index < -0.39 is 67.6 Å². The minimum absolute atomic E-state index is 0.158. The van der Waals surface area contributed by atoms with Gasteiger partial charge in [-0.05, 0) is 83.6 Å². The molecule has 0 atom stereocenters. The fourth-order valence-corrected chi connectivity index (χ4v) is 8.72. The van der Waals surface area contributed by atoms with Crippen molar-refractivity contribution in [3.63, 3.8) is 0 Å². The smallest absolute Gasteiger partial charge is 0.323 e. The van der Waals surface area contributed by atoms with Crippen LogP contribution in [0.15, 0.2) is 129 Å². The molecule has 8 N–H and O–H groups in total. The van der Waals surface area contributed by atoms with E-state index in [1.54, 1.807) is 0 Å². The SMILES string of the molecule is O=C(Nc1ccc(S(=O)(=O)Nc2cccc3ccc(S(=O)(=O)O)c(O)c23)cc1)Nc1ccc(S(=O)(=O)Nc2cccc3ccc(S(=O)(=O)O)c(O)c23)cc1. The Morgan fingerprint density at radius 2 is 0.815 bits per heavy atom. The Hall–Kier alpha value is -5.97. The summed E-state index contributed by atoms with van der Waals surface area (Å²) >= 11 is 0. The van der Waals surface area contributed by atoms with Gasteiger partial charge in [0.15, 0.2) is 0 Å². The van der Waals surface area contributed by atoms with Crippen LogP contribution >= 0.6 is 0 Å². The standard InChI is InChI=1S/C33H26N4O13S4/c38-31-27(53(45,46)47)17-7-19-3-1-5-25(29(19)31)36-51(41,42)23-13-9-21(10-14-23)34-33(40)35-22-11-15-24(16-12-22)52(43,44)37-26-6-2-4-20-8-18-28(54(48,49)50)32(39)30(20)26/h1-18,36-39H,(H2,34,35,40)(H,45,46,47)(H,48,49,50). The van der Waals surface area contributed by atoms with Crippen LogP contribution in [-0.4, -0.2) is 59.0 Å². The Balaban J connectivity index is 1.13. The van der Waals surface area contributed by atoms with Gasteiger partial charge in [-0.15, -0.1) is 0 Å². The van der Waals surface area contributed by atoms with Gasteiger partial charge in [0.25, 0.3) is 40.3 Å². The molecular formula is C33H26N4O13S4. The summed E-state index contributed by atoms with van der Waals surface area (Å²) in [6, 6.07) is 22.0. The number of fused-ring (bicyclic) bond motifs is 2. The normalized spacial score (nSPS) is 12.3. The maximum absolute atomic E-state index is 13.2. The minimum atomic E-state index is -4.82. The van der Waals surface area contributed by atoms with Crippen LogP contribution in [0.1, 0.15) is 0 Å². The number of nitrogens with one attached hydrogen (secondary N) is 4. The summed E-state index contributed by atoms with van der Waals surface area (Å²) in [5, 5.41) is 26.3. The molecular weight excluding hydrogens is 789 g/mol. The molecule has 0 aromatic heterocycles. The molecule has 6 aromatic carbocycles. The number of phenolic OH excluding ortho intramolecular Hbond substituents is 2. The number of aromatic hydroxyl groups is 2. The van der Waals surface area contributed by atoms with Crippen LogP contribution in [0, 0.1) is 0 Å². The van der Waals surface area contributed by atoms with E-state index in [0.717, 1.165) is 12.1 Å². The van der Waals surface area contributed by atoms with Crippen molar-refractivity contribution in [1.29, 1.82) is 0 Å². The van der Waals surface area contributed by atoms with Crippen molar-refractivity contribution in [2.24, 2.45) is 0 Å². The number of benzene rings is 6. The van der Waals surface area contributed by atoms with Crippen LogP contribution in [0.4, 0.5) is 27.5 Å². The Morgan fingerprint density at radius 3 is 1.15 bits per heavy atom. The topological polar surface area (TPSA) is 283 Å². The summed E-state index contributed by atoms with van der Waals surface area (Å²) in [5.41, 5.74) is -0.0282. The van der Waals surface area contributed by atoms with Gasteiger partial charge in [-0.25, -0.2) is 21.6 Å². The van der Waals surface area contributed by atoms with Crippen LogP contribution in [0.2, 0.25) is 0 Å². The van der Waals surface area contributed by atoms with Crippen molar-refractivity contribution in [2.45, 2.75) is 19.6 Å². The number of sulfonamides is 2. The van der Waals surface area contributed by atoms with Gasteiger partial charge >= 0.3 is 6.03 Å². The van der Waals surface area contributed by atoms with E-state index in [-0.39, 0.29) is 54.1 Å². The van der Waals surface area contributed by atoms with Crippen molar-refractivity contribution in [1.82, 2.24) is 0 Å². The highest BCUT2D eigenvalue weighted by atomic mass is 32.2. The predicted molar refractivity (Wildman–Crippen MR) is 198 cm³/mol. The number of phenols is 2. The fraction of sp³-hybridized carbons (Fsp3) is 0. The van der Waals surface area contributed by atoms with Gasteiger partial charge in [-0.2, -0.15) is 16.8 Å². The van der Waals surface area contributed by atoms with Crippen LogP contribution in [0.5, 0.6) is 11.5 Å². The summed E-state index contributed by atoms with van der Waals surface area (Å²) in [5.74, 6) is -1.71. The van der Waals surface area contributed by atoms with Gasteiger partial charge in [0.05, 0.1) is 21.2 Å². The Bertz CT molecular complexity index is 2740. The third-order valence-corrected chi connectivity index (χ3v) is 12.4. The van der Waals surface area contributed by atoms with E-state index in [9.17, 15) is 57.8 Å². The molecule has 21 heteroatoms. The van der Waals surface area contributed by atoms with Gasteiger partial charge < -0.3 is 20.8 Å². The van der Waals surface area contributed by atoms with Gasteiger partial charge in [-0.1, -0.05) is 36.4 Å². The number of carbonyl (C=O) groups is 1. The molecule has 6 rings (SSSR count). The molecule has 0 spiro atoms. The van der Waals surface area contributed by atoms with Crippen molar-refractivity contribution < 1.29 is 57.8 Å². The number of hydrogen-bond acceptors (Lipinski definition) is 11. The van der Waals surface area contributed by atoms with Gasteiger partial charge in [-0.3, -0.25) is 18.5 Å². The molecule has 0 saturated carbocycles. The summed E-state index contributed by atoms with van der Waals surface area (Å²) in [6.07, 6.45) is 0. The first-order chi connectivity index (χ1) is 25.2. The molecule has 0 aliphatic carbocycles. The highest BCUT2D eigenvalue weighted by Gasteiger charge is 2.24. The van der Waals surface area contributed by atoms with E-state index in [0.29, 0.717) is 0 Å². The Labute approximate surface area is 307 Å². The van der Waals surface area contributed by atoms with Gasteiger partial charge in [0.2, 0.25) is 0 Å². The third kappa shape index (κ3) is 7.71. The molecule has 0 saturated heterocycles. The first-order valence-electron chi connectivity index (χ1n) is 15.0. The molecule has 0 aliphatic heterocycles. The summed E-state index contributed by atoms with van der Waals surface area (Å²) in [4.78, 5) is 10.5. The predicted octanol–water partition coefficient (Wildman–Crippen LogP) is 5.14. The number of urea groups is 1. The lowest BCUT2D eigenvalue weighted by Crippen LogP contribution is -2.20. The zero-order valence-electron chi connectivity index (χ0n) is 27.0. The molecule has 0 radical (unpaired) electrons. The highest BCUT2D eigenvalue weighted by Crippen LogP contribution is 2.39. The van der Waals surface area contributed by atoms with Crippen LogP contribution < -0.4 is 20.1 Å². The minimum Gasteiger partial charge on any atom is -0.506 e. The Kier molecular flexibility index (Phi) is 9.64. The van der Waals surface area contributed by atoms with Crippen molar-refractivity contribution >= 4 is 90.6 Å². The molecule has 0 fully saturated rings. The molecule has 0 heterocycles. The van der Waals surface area contributed by atoms with Crippen LogP contribution in [-0.2, 0) is 40.3 Å². The van der Waals surface area contributed by atoms with Crippen LogP contribution in [0.25, 0.3) is 21.5 Å². The molecule has 280 valence electrons. The maximum atomic E-state index is 13.2. The van der Waals surface area contributed by atoms with Gasteiger partial charge in [0, 0.05) is 22.1 Å². The Morgan fingerprint density at radius 1 is 0.463 bits per heavy atom. The lowest BCUT2D eigenvalue weighted by molar-refractivity contribution is 0.262. The van der Waals surface area contributed by atoms with E-state index >= 15 is 0 Å². The van der Waals surface area contributed by atoms with E-state index in [1.807, 2.05) is 0 Å². The number of rotatable bonds is 10. The molecule has 0 unspecified atom stereocenters. The second-order valence-corrected chi connectivity index (χ2v) is 17.6. The molecule has 6 aromatic rings.